The SMILES string of the molecule is CN(N)/C=C(\N)c1ccc(CN2Cc3ncnc(OCc4ccc(F)cc4F)c3C2=O)cc1. The molecule has 1 amide bonds. The summed E-state index contributed by atoms with van der Waals surface area (Å²) < 4.78 is 32.6. The summed E-state index contributed by atoms with van der Waals surface area (Å²) in [6.07, 6.45) is 2.90. The maximum atomic E-state index is 13.9. The third-order valence-electron chi connectivity index (χ3n) is 5.12. The van der Waals surface area contributed by atoms with Crippen molar-refractivity contribution in [2.24, 2.45) is 11.6 Å². The number of hydrogen-bond donors (Lipinski definition) is 2. The molecule has 1 aromatic heterocycles. The quantitative estimate of drug-likeness (QED) is 0.419. The third-order valence-corrected chi connectivity index (χ3v) is 5.12. The lowest BCUT2D eigenvalue weighted by Crippen LogP contribution is -2.23. The zero-order valence-electron chi connectivity index (χ0n) is 17.8. The van der Waals surface area contributed by atoms with Gasteiger partial charge in [-0.3, -0.25) is 4.79 Å². The molecule has 10 heteroatoms. The molecule has 0 atom stereocenters. The Bertz CT molecular complexity index is 1210. The molecule has 0 unspecified atom stereocenters. The number of rotatable bonds is 7. The number of benzene rings is 2. The van der Waals surface area contributed by atoms with Gasteiger partial charge in [-0.2, -0.15) is 0 Å². The zero-order chi connectivity index (χ0) is 23.5. The van der Waals surface area contributed by atoms with Crippen molar-refractivity contribution in [3.8, 4) is 5.88 Å². The summed E-state index contributed by atoms with van der Waals surface area (Å²) in [6.45, 7) is 0.443. The molecule has 0 spiro atoms. The van der Waals surface area contributed by atoms with Gasteiger partial charge in [0.25, 0.3) is 5.91 Å². The molecule has 0 fully saturated rings. The molecule has 0 saturated carbocycles. The lowest BCUT2D eigenvalue weighted by Gasteiger charge is -2.16. The number of amides is 1. The molecule has 4 rings (SSSR count). The first-order chi connectivity index (χ1) is 15.8. The van der Waals surface area contributed by atoms with Crippen LogP contribution in [0.5, 0.6) is 5.88 Å². The molecule has 170 valence electrons. The van der Waals surface area contributed by atoms with E-state index in [1.54, 1.807) is 18.1 Å². The van der Waals surface area contributed by atoms with Gasteiger partial charge in [-0.15, -0.1) is 0 Å². The topological polar surface area (TPSA) is 111 Å². The Kier molecular flexibility index (Phi) is 6.18. The molecule has 3 aromatic rings. The highest BCUT2D eigenvalue weighted by Crippen LogP contribution is 2.29. The van der Waals surface area contributed by atoms with Crippen LogP contribution >= 0.6 is 0 Å². The second kappa shape index (κ2) is 9.21. The van der Waals surface area contributed by atoms with E-state index in [0.29, 0.717) is 24.5 Å². The van der Waals surface area contributed by atoms with E-state index in [2.05, 4.69) is 9.97 Å². The van der Waals surface area contributed by atoms with Crippen LogP contribution in [-0.2, 0) is 19.7 Å². The van der Waals surface area contributed by atoms with Crippen molar-refractivity contribution in [3.05, 3.63) is 94.6 Å². The molecule has 0 saturated heterocycles. The highest BCUT2D eigenvalue weighted by atomic mass is 19.1. The maximum absolute atomic E-state index is 13.9. The van der Waals surface area contributed by atoms with Crippen LogP contribution in [0.1, 0.15) is 32.7 Å². The number of hydrogen-bond acceptors (Lipinski definition) is 7. The Morgan fingerprint density at radius 2 is 1.97 bits per heavy atom. The summed E-state index contributed by atoms with van der Waals surface area (Å²) in [5.41, 5.74) is 9.15. The van der Waals surface area contributed by atoms with Crippen molar-refractivity contribution in [1.29, 1.82) is 0 Å². The molecule has 2 heterocycles. The molecule has 33 heavy (non-hydrogen) atoms. The standard InChI is InChI=1S/C23H22F2N6O2/c1-30(27)10-19(26)15-4-2-14(3-5-15)9-31-11-20-21(23(31)32)22(29-13-28-20)33-12-16-6-7-17(24)8-18(16)25/h2-8,10,13H,9,11-12,26-27H2,1H3/b19-10-. The van der Waals surface area contributed by atoms with E-state index in [4.69, 9.17) is 16.3 Å². The van der Waals surface area contributed by atoms with Gasteiger partial charge in [0.1, 0.15) is 30.1 Å². The number of nitrogens with two attached hydrogens (primary N) is 2. The maximum Gasteiger partial charge on any atom is 0.261 e. The van der Waals surface area contributed by atoms with E-state index < -0.39 is 11.6 Å². The molecular formula is C23H22F2N6O2. The number of aromatic nitrogens is 2. The van der Waals surface area contributed by atoms with Gasteiger partial charge in [0.2, 0.25) is 5.88 Å². The summed E-state index contributed by atoms with van der Waals surface area (Å²) in [4.78, 5) is 22.9. The van der Waals surface area contributed by atoms with Gasteiger partial charge in [-0.25, -0.2) is 24.6 Å². The van der Waals surface area contributed by atoms with Crippen molar-refractivity contribution >= 4 is 11.6 Å². The first-order valence-electron chi connectivity index (χ1n) is 10.1. The van der Waals surface area contributed by atoms with E-state index >= 15 is 0 Å². The van der Waals surface area contributed by atoms with Gasteiger partial charge in [-0.1, -0.05) is 24.3 Å². The number of carbonyl (C=O) groups excluding carboxylic acids is 1. The second-order valence-electron chi connectivity index (χ2n) is 7.63. The molecule has 0 bridgehead atoms. The molecule has 0 aliphatic carbocycles. The van der Waals surface area contributed by atoms with Gasteiger partial charge >= 0.3 is 0 Å². The Balaban J connectivity index is 1.46. The molecule has 1 aliphatic heterocycles. The highest BCUT2D eigenvalue weighted by molar-refractivity contribution is 5.99. The largest absolute Gasteiger partial charge is 0.472 e. The van der Waals surface area contributed by atoms with Gasteiger partial charge in [0.05, 0.1) is 17.9 Å². The van der Waals surface area contributed by atoms with E-state index in [1.807, 2.05) is 24.3 Å². The molecule has 8 nitrogen and oxygen atoms in total. The van der Waals surface area contributed by atoms with E-state index in [9.17, 15) is 13.6 Å². The predicted octanol–water partition coefficient (Wildman–Crippen LogP) is 2.55. The fourth-order valence-electron chi connectivity index (χ4n) is 3.49. The molecule has 1 aliphatic rings. The summed E-state index contributed by atoms with van der Waals surface area (Å²) >= 11 is 0. The number of nitrogens with zero attached hydrogens (tertiary/aromatic N) is 4. The molecule has 0 radical (unpaired) electrons. The average molecular weight is 452 g/mol. The number of halogens is 2. The van der Waals surface area contributed by atoms with Gasteiger partial charge < -0.3 is 20.4 Å². The van der Waals surface area contributed by atoms with Crippen molar-refractivity contribution in [3.63, 3.8) is 0 Å². The zero-order valence-corrected chi connectivity index (χ0v) is 17.8. The van der Waals surface area contributed by atoms with Crippen LogP contribution in [0.2, 0.25) is 0 Å². The van der Waals surface area contributed by atoms with E-state index in [-0.39, 0.29) is 29.5 Å². The van der Waals surface area contributed by atoms with Crippen LogP contribution in [0.15, 0.2) is 55.0 Å². The molecular weight excluding hydrogens is 430 g/mol. The fraction of sp³-hybridized carbons (Fsp3) is 0.174. The van der Waals surface area contributed by atoms with Crippen molar-refractivity contribution < 1.29 is 18.3 Å². The third kappa shape index (κ3) is 4.90. The van der Waals surface area contributed by atoms with Crippen LogP contribution in [0.3, 0.4) is 0 Å². The van der Waals surface area contributed by atoms with Crippen molar-refractivity contribution in [2.45, 2.75) is 19.7 Å². The highest BCUT2D eigenvalue weighted by Gasteiger charge is 2.33. The summed E-state index contributed by atoms with van der Waals surface area (Å²) in [5, 5.41) is 1.37. The lowest BCUT2D eigenvalue weighted by molar-refractivity contribution is 0.0762. The normalized spacial score (nSPS) is 13.3. The van der Waals surface area contributed by atoms with E-state index in [0.717, 1.165) is 23.3 Å². The predicted molar refractivity (Wildman–Crippen MR) is 117 cm³/mol. The fourth-order valence-corrected chi connectivity index (χ4v) is 3.49. The van der Waals surface area contributed by atoms with Crippen LogP contribution in [0.25, 0.3) is 5.70 Å². The Labute approximate surface area is 189 Å². The Hall–Kier alpha value is -4.05. The van der Waals surface area contributed by atoms with Crippen molar-refractivity contribution in [1.82, 2.24) is 19.9 Å². The number of carbonyl (C=O) groups is 1. The van der Waals surface area contributed by atoms with Crippen LogP contribution in [0.4, 0.5) is 8.78 Å². The van der Waals surface area contributed by atoms with Crippen LogP contribution in [-0.4, -0.2) is 32.8 Å². The van der Waals surface area contributed by atoms with Crippen LogP contribution in [0, 0.1) is 11.6 Å². The first kappa shape index (κ1) is 22.2. The summed E-state index contributed by atoms with van der Waals surface area (Å²) in [6, 6.07) is 10.7. The minimum absolute atomic E-state index is 0.0652. The Morgan fingerprint density at radius 1 is 1.21 bits per heavy atom. The van der Waals surface area contributed by atoms with E-state index in [1.165, 1.54) is 17.4 Å². The summed E-state index contributed by atoms with van der Waals surface area (Å²) in [5.74, 6) is 3.96. The Morgan fingerprint density at radius 3 is 2.67 bits per heavy atom. The minimum Gasteiger partial charge on any atom is -0.472 e. The monoisotopic (exact) mass is 452 g/mol. The second-order valence-corrected chi connectivity index (χ2v) is 7.63. The number of ether oxygens (including phenoxy) is 1. The number of hydrazine groups is 1. The van der Waals surface area contributed by atoms with Crippen LogP contribution < -0.4 is 16.3 Å². The van der Waals surface area contributed by atoms with Gasteiger partial charge in [0.15, 0.2) is 0 Å². The smallest absolute Gasteiger partial charge is 0.261 e. The molecule has 2 aromatic carbocycles. The first-order valence-corrected chi connectivity index (χ1v) is 10.1. The van der Waals surface area contributed by atoms with Gasteiger partial charge in [0, 0.05) is 31.4 Å². The van der Waals surface area contributed by atoms with Gasteiger partial charge in [-0.05, 0) is 23.3 Å². The minimum atomic E-state index is -0.731. The number of fused-ring (bicyclic) bond motifs is 1. The average Bonchev–Trinajstić information content (AvgIpc) is 3.09. The molecule has 4 N–H and O–H groups in total. The summed E-state index contributed by atoms with van der Waals surface area (Å²) in [7, 11) is 1.68. The van der Waals surface area contributed by atoms with Crippen molar-refractivity contribution in [2.75, 3.05) is 7.05 Å². The lowest BCUT2D eigenvalue weighted by atomic mass is 10.1.